The average Bonchev–Trinajstić information content (AvgIpc) is 3.71. The molecule has 0 aliphatic carbocycles. The lowest BCUT2D eigenvalue weighted by Crippen LogP contribution is -2.40. The number of carbonyl (C=O) groups is 2. The zero-order valence-corrected chi connectivity index (χ0v) is 35.7. The molecule has 4 heterocycles. The van der Waals surface area contributed by atoms with Crippen LogP contribution in [0, 0.1) is 21.0 Å². The van der Waals surface area contributed by atoms with Gasteiger partial charge in [0.2, 0.25) is 0 Å². The first-order chi connectivity index (χ1) is 24.9. The van der Waals surface area contributed by atoms with E-state index in [4.69, 9.17) is 28.2 Å². The number of phenolic OH excluding ortho intramolecular Hbond substituents is 1. The van der Waals surface area contributed by atoms with Gasteiger partial charge in [-0.05, 0) is 148 Å². The summed E-state index contributed by atoms with van der Waals surface area (Å²) in [6, 6.07) is 7.53. The number of fused-ring (bicyclic) bond motifs is 2. The topological polar surface area (TPSA) is 161 Å². The largest absolute Gasteiger partial charge is 0.507 e. The van der Waals surface area contributed by atoms with E-state index < -0.39 is 11.2 Å². The van der Waals surface area contributed by atoms with Crippen LogP contribution in [0.5, 0.6) is 11.5 Å². The molecule has 0 atom stereocenters. The average molecular weight is 959 g/mol. The molecular formula is C38H48I2N4O9. The van der Waals surface area contributed by atoms with Gasteiger partial charge in [0.1, 0.15) is 35.9 Å². The number of nitrogens with zero attached hydrogens (tertiary/aromatic N) is 4. The number of phenols is 1. The van der Waals surface area contributed by atoms with Crippen LogP contribution in [-0.4, -0.2) is 66.5 Å². The van der Waals surface area contributed by atoms with Gasteiger partial charge in [0.05, 0.1) is 18.5 Å². The highest BCUT2D eigenvalue weighted by molar-refractivity contribution is 14.1. The fraction of sp³-hybridized carbons (Fsp3) is 0.474. The Labute approximate surface area is 337 Å². The smallest absolute Gasteiger partial charge is 0.410 e. The van der Waals surface area contributed by atoms with Gasteiger partial charge in [-0.25, -0.2) is 19.6 Å². The van der Waals surface area contributed by atoms with E-state index in [-0.39, 0.29) is 18.8 Å². The van der Waals surface area contributed by atoms with Crippen molar-refractivity contribution in [2.45, 2.75) is 106 Å². The summed E-state index contributed by atoms with van der Waals surface area (Å²) >= 11 is 4.46. The van der Waals surface area contributed by atoms with Crippen molar-refractivity contribution in [3.8, 4) is 11.5 Å². The van der Waals surface area contributed by atoms with Crippen molar-refractivity contribution in [1.82, 2.24) is 19.8 Å². The number of rotatable bonds is 4. The minimum Gasteiger partial charge on any atom is -0.507 e. The van der Waals surface area contributed by atoms with Crippen molar-refractivity contribution in [2.24, 2.45) is 0 Å². The molecule has 2 aliphatic heterocycles. The second-order valence-electron chi connectivity index (χ2n) is 14.5. The van der Waals surface area contributed by atoms with E-state index in [9.17, 15) is 14.7 Å². The highest BCUT2D eigenvalue weighted by Gasteiger charge is 2.29. The molecule has 6 rings (SSSR count). The zero-order chi connectivity index (χ0) is 39.1. The predicted octanol–water partition coefficient (Wildman–Crippen LogP) is 8.23. The quantitative estimate of drug-likeness (QED) is 0.190. The zero-order valence-electron chi connectivity index (χ0n) is 31.4. The number of oxazole rings is 2. The summed E-state index contributed by atoms with van der Waals surface area (Å²) in [7, 11) is 0. The van der Waals surface area contributed by atoms with Crippen LogP contribution in [0.25, 0.3) is 0 Å². The van der Waals surface area contributed by atoms with Gasteiger partial charge in [-0.1, -0.05) is 12.1 Å². The van der Waals surface area contributed by atoms with Gasteiger partial charge in [0.25, 0.3) is 0 Å². The molecular weight excluding hydrogens is 910 g/mol. The van der Waals surface area contributed by atoms with Gasteiger partial charge in [0, 0.05) is 26.2 Å². The first-order valence-electron chi connectivity index (χ1n) is 17.1. The molecule has 53 heavy (non-hydrogen) atoms. The monoisotopic (exact) mass is 958 g/mol. The van der Waals surface area contributed by atoms with E-state index >= 15 is 0 Å². The lowest BCUT2D eigenvalue weighted by Gasteiger charge is -2.32. The number of hydrogen-bond acceptors (Lipinski definition) is 11. The molecule has 13 nitrogen and oxygen atoms in total. The molecule has 2 aliphatic rings. The van der Waals surface area contributed by atoms with Gasteiger partial charge < -0.3 is 43.1 Å². The maximum absolute atomic E-state index is 12.3. The van der Waals surface area contributed by atoms with Gasteiger partial charge >= 0.3 is 12.2 Å². The van der Waals surface area contributed by atoms with Crippen molar-refractivity contribution < 1.29 is 42.8 Å². The first kappa shape index (κ1) is 42.2. The van der Waals surface area contributed by atoms with Crippen LogP contribution >= 0.6 is 45.2 Å². The van der Waals surface area contributed by atoms with Crippen molar-refractivity contribution in [3.05, 3.63) is 89.4 Å². The summed E-state index contributed by atoms with van der Waals surface area (Å²) in [6.45, 7) is 17.6. The molecule has 0 saturated carbocycles. The maximum atomic E-state index is 12.3. The first-order valence-corrected chi connectivity index (χ1v) is 19.3. The van der Waals surface area contributed by atoms with Crippen molar-refractivity contribution in [3.63, 3.8) is 0 Å². The number of halogens is 2. The number of aromatic nitrogens is 2. The van der Waals surface area contributed by atoms with Crippen LogP contribution in [0.3, 0.4) is 0 Å². The minimum absolute atomic E-state index is 0.0637. The molecule has 0 saturated heterocycles. The normalized spacial score (nSPS) is 13.8. The van der Waals surface area contributed by atoms with Crippen LogP contribution in [0.4, 0.5) is 9.59 Å². The van der Waals surface area contributed by atoms with E-state index in [1.807, 2.05) is 66.7 Å². The predicted molar refractivity (Wildman–Crippen MR) is 213 cm³/mol. The van der Waals surface area contributed by atoms with Crippen LogP contribution in [0.2, 0.25) is 0 Å². The Morgan fingerprint density at radius 1 is 0.774 bits per heavy atom. The summed E-state index contributed by atoms with van der Waals surface area (Å²) in [5, 5.41) is 18.2. The molecule has 0 fully saturated rings. The Balaban J connectivity index is 0.000000202. The van der Waals surface area contributed by atoms with Crippen LogP contribution in [-0.2, 0) is 48.6 Å². The Bertz CT molecular complexity index is 1880. The molecule has 15 heteroatoms. The summed E-state index contributed by atoms with van der Waals surface area (Å²) in [5.74, 6) is 2.41. The van der Waals surface area contributed by atoms with Crippen LogP contribution < -0.4 is 4.74 Å². The highest BCUT2D eigenvalue weighted by atomic mass is 127. The molecule has 0 spiro atoms. The van der Waals surface area contributed by atoms with Crippen molar-refractivity contribution in [1.29, 1.82) is 0 Å². The minimum atomic E-state index is -0.484. The van der Waals surface area contributed by atoms with Gasteiger partial charge in [-0.3, -0.25) is 0 Å². The number of carbonyl (C=O) groups excluding carboxylic acids is 2. The standard InChI is InChI=1S/C19H23IN2O4.C14H18INO3.C5H7NO2/c1-12-16(25-11-21-12)10-24-15-6-5-13-9-22(8-7-14(13)17(15)20)18(23)26-19(2,3)4;1-14(2,3)19-13(18)16-7-6-10-9(8-16)4-5-11(17)12(10)15;1-4-5(2-7)8-3-6-4/h5-6,11H,7-10H2,1-4H3;4-5,17H,6-8H2,1-3H3;3,7H,2H2,1H3. The Morgan fingerprint density at radius 3 is 1.68 bits per heavy atom. The lowest BCUT2D eigenvalue weighted by atomic mass is 10.00. The Morgan fingerprint density at radius 2 is 1.25 bits per heavy atom. The summed E-state index contributed by atoms with van der Waals surface area (Å²) in [5.41, 5.74) is 5.23. The second kappa shape index (κ2) is 18.2. The van der Waals surface area contributed by atoms with Crippen molar-refractivity contribution >= 4 is 57.4 Å². The van der Waals surface area contributed by atoms with Crippen LogP contribution in [0.1, 0.15) is 86.7 Å². The van der Waals surface area contributed by atoms with E-state index in [2.05, 4.69) is 55.1 Å². The van der Waals surface area contributed by atoms with Gasteiger partial charge in [-0.15, -0.1) is 0 Å². The number of aliphatic hydroxyl groups is 1. The number of benzene rings is 2. The highest BCUT2D eigenvalue weighted by Crippen LogP contribution is 2.33. The van der Waals surface area contributed by atoms with Crippen molar-refractivity contribution in [2.75, 3.05) is 13.1 Å². The fourth-order valence-electron chi connectivity index (χ4n) is 5.35. The molecule has 2 N–H and O–H groups in total. The number of ether oxygens (including phenoxy) is 3. The molecule has 2 aromatic heterocycles. The van der Waals surface area contributed by atoms with E-state index in [0.717, 1.165) is 59.6 Å². The summed E-state index contributed by atoms with van der Waals surface area (Å²) in [6.07, 6.45) is 3.74. The molecule has 288 valence electrons. The lowest BCUT2D eigenvalue weighted by molar-refractivity contribution is 0.0213. The molecule has 2 amide bonds. The molecule has 4 aromatic rings. The van der Waals surface area contributed by atoms with E-state index in [0.29, 0.717) is 44.3 Å². The summed E-state index contributed by atoms with van der Waals surface area (Å²) in [4.78, 5) is 35.6. The molecule has 0 unspecified atom stereocenters. The maximum Gasteiger partial charge on any atom is 0.410 e. The van der Waals surface area contributed by atoms with Gasteiger partial charge in [-0.2, -0.15) is 0 Å². The number of hydrogen-bond donors (Lipinski definition) is 2. The number of aromatic hydroxyl groups is 1. The molecule has 0 bridgehead atoms. The third-order valence-electron chi connectivity index (χ3n) is 8.11. The third kappa shape index (κ3) is 12.0. The Hall–Kier alpha value is -3.58. The Kier molecular flexibility index (Phi) is 14.5. The van der Waals surface area contributed by atoms with Gasteiger partial charge in [0.15, 0.2) is 24.3 Å². The fourth-order valence-corrected chi connectivity index (χ4v) is 7.10. The number of aryl methyl sites for hydroxylation is 2. The SMILES string of the molecule is CC(C)(C)OC(=O)N1CCc2c(ccc(O)c2I)C1.Cc1ncoc1CO.Cc1ncoc1COc1ccc2c(c1I)CCN(C(=O)OC(C)(C)C)C2. The van der Waals surface area contributed by atoms with Crippen LogP contribution in [0.15, 0.2) is 45.9 Å². The number of amides is 2. The molecule has 2 aromatic carbocycles. The molecule has 0 radical (unpaired) electrons. The van der Waals surface area contributed by atoms with E-state index in [1.165, 1.54) is 18.4 Å². The summed E-state index contributed by atoms with van der Waals surface area (Å²) < 4.78 is 28.8. The second-order valence-corrected chi connectivity index (χ2v) is 16.7. The number of aliphatic hydroxyl groups excluding tert-OH is 1. The third-order valence-corrected chi connectivity index (χ3v) is 10.5. The van der Waals surface area contributed by atoms with E-state index in [1.54, 1.807) is 22.8 Å².